The molecule has 2 aromatic rings. The first-order chi connectivity index (χ1) is 14.2. The molecule has 1 fully saturated rings. The zero-order valence-electron chi connectivity index (χ0n) is 16.9. The van der Waals surface area contributed by atoms with E-state index in [9.17, 15) is 4.79 Å². The van der Waals surface area contributed by atoms with E-state index in [-0.39, 0.29) is 11.2 Å². The average molecular weight is 410 g/mol. The highest BCUT2D eigenvalue weighted by Crippen LogP contribution is 2.24. The van der Waals surface area contributed by atoms with E-state index >= 15 is 0 Å². The second-order valence-corrected chi connectivity index (χ2v) is 8.05. The minimum absolute atomic E-state index is 0.0215. The highest BCUT2D eigenvalue weighted by Gasteiger charge is 2.30. The van der Waals surface area contributed by atoms with Gasteiger partial charge in [0, 0.05) is 5.56 Å². The Balaban J connectivity index is 1.59. The van der Waals surface area contributed by atoms with Gasteiger partial charge in [0.2, 0.25) is 5.91 Å². The highest BCUT2D eigenvalue weighted by atomic mass is 32.2. The summed E-state index contributed by atoms with van der Waals surface area (Å²) in [6, 6.07) is 16.2. The van der Waals surface area contributed by atoms with Gasteiger partial charge in [-0.15, -0.1) is 5.10 Å². The summed E-state index contributed by atoms with van der Waals surface area (Å²) < 4.78 is 5.80. The van der Waals surface area contributed by atoms with Gasteiger partial charge < -0.3 is 10.1 Å². The van der Waals surface area contributed by atoms with Crippen molar-refractivity contribution in [2.75, 3.05) is 6.61 Å². The standard InChI is InChI=1S/C23H27N3O2S/c1-3-5-14-28-20-9-7-6-8-19(20)16-24-26-23-25-22(27)21(29-23)15-18-12-10-17(4-2)11-13-18/h6-13,16,21H,3-5,14-15H2,1-2H3,(H,25,26,27). The lowest BCUT2D eigenvalue weighted by molar-refractivity contribution is -0.118. The predicted molar refractivity (Wildman–Crippen MR) is 121 cm³/mol. The zero-order valence-corrected chi connectivity index (χ0v) is 17.7. The number of carbonyl (C=O) groups excluding carboxylic acids is 1. The van der Waals surface area contributed by atoms with Crippen LogP contribution >= 0.6 is 11.8 Å². The van der Waals surface area contributed by atoms with Crippen LogP contribution in [0.1, 0.15) is 43.4 Å². The van der Waals surface area contributed by atoms with E-state index in [1.807, 2.05) is 24.3 Å². The number of nitrogens with zero attached hydrogens (tertiary/aromatic N) is 2. The molecule has 152 valence electrons. The predicted octanol–water partition coefficient (Wildman–Crippen LogP) is 4.59. The van der Waals surface area contributed by atoms with Crippen molar-refractivity contribution in [3.05, 3.63) is 65.2 Å². The van der Waals surface area contributed by atoms with Gasteiger partial charge >= 0.3 is 0 Å². The van der Waals surface area contributed by atoms with Crippen LogP contribution in [0.3, 0.4) is 0 Å². The lowest BCUT2D eigenvalue weighted by Gasteiger charge is -2.07. The molecule has 1 heterocycles. The maximum atomic E-state index is 12.3. The van der Waals surface area contributed by atoms with E-state index < -0.39 is 0 Å². The molecule has 1 amide bonds. The summed E-state index contributed by atoms with van der Waals surface area (Å²) in [5, 5.41) is 11.5. The first-order valence-electron chi connectivity index (χ1n) is 10.1. The second-order valence-electron chi connectivity index (χ2n) is 6.86. The molecule has 1 aliphatic heterocycles. The van der Waals surface area contributed by atoms with Crippen LogP contribution in [-0.4, -0.2) is 29.1 Å². The summed E-state index contributed by atoms with van der Waals surface area (Å²) in [7, 11) is 0. The van der Waals surface area contributed by atoms with Crippen LogP contribution in [0.15, 0.2) is 58.7 Å². The van der Waals surface area contributed by atoms with Gasteiger partial charge in [-0.3, -0.25) is 4.79 Å². The van der Waals surface area contributed by atoms with E-state index in [2.05, 4.69) is 53.6 Å². The monoisotopic (exact) mass is 409 g/mol. The van der Waals surface area contributed by atoms with Gasteiger partial charge in [0.25, 0.3) is 0 Å². The topological polar surface area (TPSA) is 63.1 Å². The van der Waals surface area contributed by atoms with Crippen LogP contribution in [0.5, 0.6) is 5.75 Å². The van der Waals surface area contributed by atoms with Gasteiger partial charge in [-0.05, 0) is 42.5 Å². The van der Waals surface area contributed by atoms with E-state index in [0.717, 1.165) is 36.1 Å². The summed E-state index contributed by atoms with van der Waals surface area (Å²) in [6.07, 6.45) is 5.46. The van der Waals surface area contributed by atoms with Crippen molar-refractivity contribution in [3.8, 4) is 5.75 Å². The summed E-state index contributed by atoms with van der Waals surface area (Å²) in [6.45, 7) is 4.95. The Morgan fingerprint density at radius 1 is 1.10 bits per heavy atom. The largest absolute Gasteiger partial charge is 0.493 e. The first kappa shape index (κ1) is 21.1. The molecule has 1 N–H and O–H groups in total. The molecule has 2 aromatic carbocycles. The molecular formula is C23H27N3O2S. The molecule has 6 heteroatoms. The van der Waals surface area contributed by atoms with Crippen LogP contribution in [0.25, 0.3) is 0 Å². The normalized spacial score (nSPS) is 17.8. The van der Waals surface area contributed by atoms with E-state index in [1.54, 1.807) is 6.21 Å². The molecular weight excluding hydrogens is 382 g/mol. The molecule has 5 nitrogen and oxygen atoms in total. The molecule has 1 unspecified atom stereocenters. The molecule has 0 aromatic heterocycles. The third-order valence-corrected chi connectivity index (χ3v) is 5.72. The molecule has 29 heavy (non-hydrogen) atoms. The van der Waals surface area contributed by atoms with Crippen molar-refractivity contribution < 1.29 is 9.53 Å². The number of nitrogens with one attached hydrogen (secondary N) is 1. The molecule has 0 aliphatic carbocycles. The number of unbranched alkanes of at least 4 members (excludes halogenated alkanes) is 1. The van der Waals surface area contributed by atoms with Crippen molar-refractivity contribution in [1.82, 2.24) is 5.32 Å². The minimum atomic E-state index is -0.180. The number of hydrogen-bond donors (Lipinski definition) is 1. The third-order valence-electron chi connectivity index (χ3n) is 4.65. The molecule has 1 aliphatic rings. The molecule has 0 bridgehead atoms. The van der Waals surface area contributed by atoms with Crippen LogP contribution in [0.2, 0.25) is 0 Å². The Labute approximate surface area is 176 Å². The van der Waals surface area contributed by atoms with E-state index in [4.69, 9.17) is 4.74 Å². The maximum absolute atomic E-state index is 12.3. The fourth-order valence-corrected chi connectivity index (χ4v) is 3.87. The fraction of sp³-hybridized carbons (Fsp3) is 0.348. The molecule has 1 saturated heterocycles. The minimum Gasteiger partial charge on any atom is -0.493 e. The summed E-state index contributed by atoms with van der Waals surface area (Å²) >= 11 is 1.42. The summed E-state index contributed by atoms with van der Waals surface area (Å²) in [5.74, 6) is 0.772. The number of amides is 1. The number of hydrogen-bond acceptors (Lipinski definition) is 5. The van der Waals surface area contributed by atoms with Crippen LogP contribution in [-0.2, 0) is 17.6 Å². The molecule has 1 atom stereocenters. The van der Waals surface area contributed by atoms with Crippen LogP contribution in [0.4, 0.5) is 0 Å². The van der Waals surface area contributed by atoms with Gasteiger partial charge in [-0.1, -0.05) is 68.4 Å². The fourth-order valence-electron chi connectivity index (χ4n) is 2.90. The van der Waals surface area contributed by atoms with E-state index in [1.165, 1.54) is 17.3 Å². The van der Waals surface area contributed by atoms with Crippen molar-refractivity contribution in [2.45, 2.75) is 44.8 Å². The highest BCUT2D eigenvalue weighted by molar-refractivity contribution is 8.15. The maximum Gasteiger partial charge on any atom is 0.239 e. The number of carbonyl (C=O) groups is 1. The lowest BCUT2D eigenvalue weighted by atomic mass is 10.1. The molecule has 3 rings (SSSR count). The Bertz CT molecular complexity index is 878. The third kappa shape index (κ3) is 6.19. The Kier molecular flexibility index (Phi) is 7.87. The van der Waals surface area contributed by atoms with Gasteiger partial charge in [-0.2, -0.15) is 5.10 Å². The van der Waals surface area contributed by atoms with Crippen LogP contribution < -0.4 is 10.1 Å². The lowest BCUT2D eigenvalue weighted by Crippen LogP contribution is -2.25. The van der Waals surface area contributed by atoms with Crippen molar-refractivity contribution in [1.29, 1.82) is 0 Å². The zero-order chi connectivity index (χ0) is 20.5. The number of thioether (sulfide) groups is 1. The summed E-state index contributed by atoms with van der Waals surface area (Å²) in [4.78, 5) is 12.3. The first-order valence-corrected chi connectivity index (χ1v) is 11.0. The SMILES string of the molecule is CCCCOc1ccccc1C=NN=C1NC(=O)C(Cc2ccc(CC)cc2)S1. The van der Waals surface area contributed by atoms with Crippen LogP contribution in [0, 0.1) is 0 Å². The molecule has 0 spiro atoms. The molecule has 0 radical (unpaired) electrons. The second kappa shape index (κ2) is 10.8. The number of rotatable bonds is 9. The van der Waals surface area contributed by atoms with Crippen molar-refractivity contribution in [3.63, 3.8) is 0 Å². The smallest absolute Gasteiger partial charge is 0.239 e. The molecule has 0 saturated carbocycles. The number of para-hydroxylation sites is 1. The van der Waals surface area contributed by atoms with Gasteiger partial charge in [0.15, 0.2) is 5.17 Å². The Hall–Kier alpha value is -2.60. The number of aryl methyl sites for hydroxylation is 1. The Morgan fingerprint density at radius 3 is 2.62 bits per heavy atom. The summed E-state index contributed by atoms with van der Waals surface area (Å²) in [5.41, 5.74) is 3.32. The number of amidine groups is 1. The number of benzene rings is 2. The van der Waals surface area contributed by atoms with Crippen molar-refractivity contribution in [2.24, 2.45) is 10.2 Å². The van der Waals surface area contributed by atoms with Gasteiger partial charge in [0.1, 0.15) is 5.75 Å². The van der Waals surface area contributed by atoms with E-state index in [0.29, 0.717) is 18.2 Å². The van der Waals surface area contributed by atoms with Crippen molar-refractivity contribution >= 4 is 29.1 Å². The average Bonchev–Trinajstić information content (AvgIpc) is 3.09. The van der Waals surface area contributed by atoms with Gasteiger partial charge in [-0.25, -0.2) is 0 Å². The quantitative estimate of drug-likeness (QED) is 0.374. The number of ether oxygens (including phenoxy) is 1. The Morgan fingerprint density at radius 2 is 1.86 bits per heavy atom. The van der Waals surface area contributed by atoms with Gasteiger partial charge in [0.05, 0.1) is 18.1 Å².